The van der Waals surface area contributed by atoms with Crippen molar-refractivity contribution in [1.82, 2.24) is 4.90 Å². The van der Waals surface area contributed by atoms with Crippen molar-refractivity contribution in [3.05, 3.63) is 11.8 Å². The minimum absolute atomic E-state index is 0.136. The zero-order valence-corrected chi connectivity index (χ0v) is 18.1. The first-order valence-corrected chi connectivity index (χ1v) is 10.0. The lowest BCUT2D eigenvalue weighted by Crippen LogP contribution is -2.45. The highest BCUT2D eigenvalue weighted by atomic mass is 16.7. The molecule has 1 fully saturated rings. The van der Waals surface area contributed by atoms with Crippen molar-refractivity contribution in [3.63, 3.8) is 0 Å². The van der Waals surface area contributed by atoms with Gasteiger partial charge in [0, 0.05) is 13.0 Å². The SMILES string of the molecule is CCCC/C(=C\C1CCCCN1C(=O)OC(C)(C)C)OC(=O)OC(C)(C)C. The van der Waals surface area contributed by atoms with Crippen LogP contribution in [0.4, 0.5) is 9.59 Å². The van der Waals surface area contributed by atoms with Crippen LogP contribution in [0.2, 0.25) is 0 Å². The van der Waals surface area contributed by atoms with Crippen LogP contribution in [0.1, 0.15) is 87.0 Å². The summed E-state index contributed by atoms with van der Waals surface area (Å²) in [6.45, 7) is 13.7. The summed E-state index contributed by atoms with van der Waals surface area (Å²) in [5.41, 5.74) is -1.15. The Hall–Kier alpha value is -1.72. The molecule has 1 aliphatic rings. The van der Waals surface area contributed by atoms with E-state index < -0.39 is 17.4 Å². The van der Waals surface area contributed by atoms with E-state index in [0.717, 1.165) is 32.1 Å². The van der Waals surface area contributed by atoms with Crippen LogP contribution in [0, 0.1) is 0 Å². The molecular weight excluding hydrogens is 346 g/mol. The number of rotatable bonds is 5. The fourth-order valence-corrected chi connectivity index (χ4v) is 2.79. The number of amides is 1. The first kappa shape index (κ1) is 23.3. The normalized spacial score (nSPS) is 18.9. The van der Waals surface area contributed by atoms with Gasteiger partial charge in [-0.15, -0.1) is 0 Å². The molecule has 0 radical (unpaired) electrons. The summed E-state index contributed by atoms with van der Waals surface area (Å²) in [4.78, 5) is 26.4. The Morgan fingerprint density at radius 2 is 1.67 bits per heavy atom. The molecule has 6 nitrogen and oxygen atoms in total. The molecule has 1 saturated heterocycles. The van der Waals surface area contributed by atoms with Gasteiger partial charge in [-0.2, -0.15) is 0 Å². The molecule has 1 aliphatic heterocycles. The molecule has 1 atom stereocenters. The Morgan fingerprint density at radius 1 is 1.04 bits per heavy atom. The lowest BCUT2D eigenvalue weighted by Gasteiger charge is -2.35. The van der Waals surface area contributed by atoms with Crippen molar-refractivity contribution < 1.29 is 23.8 Å². The fraction of sp³-hybridized carbons (Fsp3) is 0.810. The zero-order valence-electron chi connectivity index (χ0n) is 18.1. The fourth-order valence-electron chi connectivity index (χ4n) is 2.79. The van der Waals surface area contributed by atoms with Gasteiger partial charge in [-0.05, 0) is 73.3 Å². The van der Waals surface area contributed by atoms with Crippen molar-refractivity contribution >= 4 is 12.2 Å². The van der Waals surface area contributed by atoms with Crippen LogP contribution in [-0.2, 0) is 14.2 Å². The molecule has 0 N–H and O–H groups in total. The summed E-state index contributed by atoms with van der Waals surface area (Å²) in [6, 6.07) is -0.136. The van der Waals surface area contributed by atoms with Gasteiger partial charge in [0.05, 0.1) is 6.04 Å². The predicted molar refractivity (Wildman–Crippen MR) is 106 cm³/mol. The van der Waals surface area contributed by atoms with Gasteiger partial charge in [0.15, 0.2) is 0 Å². The molecule has 0 aromatic heterocycles. The number of hydrogen-bond donors (Lipinski definition) is 0. The molecule has 0 spiro atoms. The molecule has 27 heavy (non-hydrogen) atoms. The smallest absolute Gasteiger partial charge is 0.444 e. The highest BCUT2D eigenvalue weighted by Gasteiger charge is 2.30. The number of hydrogen-bond acceptors (Lipinski definition) is 5. The number of piperidine rings is 1. The Balaban J connectivity index is 2.92. The van der Waals surface area contributed by atoms with Gasteiger partial charge >= 0.3 is 12.2 Å². The topological polar surface area (TPSA) is 65.1 Å². The second-order valence-corrected chi connectivity index (χ2v) is 9.04. The van der Waals surface area contributed by atoms with Gasteiger partial charge in [-0.1, -0.05) is 13.3 Å². The average molecular weight is 384 g/mol. The van der Waals surface area contributed by atoms with Crippen LogP contribution in [-0.4, -0.2) is 40.9 Å². The molecule has 1 heterocycles. The Labute approximate surface area is 164 Å². The van der Waals surface area contributed by atoms with Crippen LogP contribution < -0.4 is 0 Å². The maximum Gasteiger partial charge on any atom is 0.514 e. The van der Waals surface area contributed by atoms with Crippen LogP contribution in [0.5, 0.6) is 0 Å². The Morgan fingerprint density at radius 3 is 2.22 bits per heavy atom. The molecule has 0 aromatic carbocycles. The van der Waals surface area contributed by atoms with Gasteiger partial charge in [0.25, 0.3) is 0 Å². The zero-order chi connectivity index (χ0) is 20.7. The summed E-state index contributed by atoms with van der Waals surface area (Å²) in [5, 5.41) is 0. The van der Waals surface area contributed by atoms with E-state index in [0.29, 0.717) is 18.7 Å². The molecule has 1 rings (SSSR count). The summed E-state index contributed by atoms with van der Waals surface area (Å²) in [7, 11) is 0. The monoisotopic (exact) mass is 383 g/mol. The van der Waals surface area contributed by atoms with Crippen LogP contribution in [0.3, 0.4) is 0 Å². The van der Waals surface area contributed by atoms with Crippen molar-refractivity contribution in [2.24, 2.45) is 0 Å². The quantitative estimate of drug-likeness (QED) is 0.443. The second kappa shape index (κ2) is 10.00. The van der Waals surface area contributed by atoms with Gasteiger partial charge in [-0.3, -0.25) is 0 Å². The lowest BCUT2D eigenvalue weighted by molar-refractivity contribution is 0.00420. The highest BCUT2D eigenvalue weighted by Crippen LogP contribution is 2.24. The molecular formula is C21H37NO5. The van der Waals surface area contributed by atoms with Gasteiger partial charge in [0.2, 0.25) is 0 Å². The first-order valence-electron chi connectivity index (χ1n) is 10.0. The van der Waals surface area contributed by atoms with Crippen LogP contribution in [0.25, 0.3) is 0 Å². The molecule has 1 amide bonds. The Kier molecular flexibility index (Phi) is 8.63. The molecule has 0 aromatic rings. The van der Waals surface area contributed by atoms with E-state index in [1.165, 1.54) is 0 Å². The molecule has 1 unspecified atom stereocenters. The number of likely N-dealkylation sites (tertiary alicyclic amines) is 1. The molecule has 6 heteroatoms. The van der Waals surface area contributed by atoms with Crippen molar-refractivity contribution in [1.29, 1.82) is 0 Å². The summed E-state index contributed by atoms with van der Waals surface area (Å²) in [5.74, 6) is 0.562. The van der Waals surface area contributed by atoms with E-state index in [-0.39, 0.29) is 12.1 Å². The van der Waals surface area contributed by atoms with E-state index in [2.05, 4.69) is 6.92 Å². The number of nitrogens with zero attached hydrogens (tertiary/aromatic N) is 1. The van der Waals surface area contributed by atoms with Crippen molar-refractivity contribution in [2.45, 2.75) is 104 Å². The standard InChI is InChI=1S/C21H37NO5/c1-8-9-13-17(25-19(24)27-21(5,6)7)15-16-12-10-11-14-22(16)18(23)26-20(2,3)4/h15-16H,8-14H2,1-7H3/b17-15+. The average Bonchev–Trinajstić information content (AvgIpc) is 2.49. The van der Waals surface area contributed by atoms with E-state index in [9.17, 15) is 9.59 Å². The van der Waals surface area contributed by atoms with Crippen molar-refractivity contribution in [2.75, 3.05) is 6.54 Å². The molecule has 156 valence electrons. The Bertz CT molecular complexity index is 528. The second-order valence-electron chi connectivity index (χ2n) is 9.04. The van der Waals surface area contributed by atoms with Crippen LogP contribution in [0.15, 0.2) is 11.8 Å². The van der Waals surface area contributed by atoms with Crippen molar-refractivity contribution in [3.8, 4) is 0 Å². The minimum atomic E-state index is -0.704. The minimum Gasteiger partial charge on any atom is -0.444 e. The lowest BCUT2D eigenvalue weighted by atomic mass is 10.0. The number of allylic oxidation sites excluding steroid dienone is 1. The third kappa shape index (κ3) is 9.68. The summed E-state index contributed by atoms with van der Waals surface area (Å²) < 4.78 is 16.3. The van der Waals surface area contributed by atoms with E-state index in [1.54, 1.807) is 25.7 Å². The first-order chi connectivity index (χ1) is 12.4. The number of carbonyl (C=O) groups excluding carboxylic acids is 2. The summed E-state index contributed by atoms with van der Waals surface area (Å²) in [6.07, 6.45) is 6.17. The van der Waals surface area contributed by atoms with Gasteiger partial charge in [0.1, 0.15) is 17.0 Å². The largest absolute Gasteiger partial charge is 0.514 e. The summed E-state index contributed by atoms with van der Waals surface area (Å²) >= 11 is 0. The van der Waals surface area contributed by atoms with Crippen LogP contribution >= 0.6 is 0 Å². The number of carbonyl (C=O) groups is 2. The number of unbranched alkanes of at least 4 members (excludes halogenated alkanes) is 1. The van der Waals surface area contributed by atoms with Gasteiger partial charge < -0.3 is 19.1 Å². The molecule has 0 aliphatic carbocycles. The van der Waals surface area contributed by atoms with Gasteiger partial charge in [-0.25, -0.2) is 9.59 Å². The maximum absolute atomic E-state index is 12.6. The highest BCUT2D eigenvalue weighted by molar-refractivity contribution is 5.69. The third-order valence-electron chi connectivity index (χ3n) is 3.94. The predicted octanol–water partition coefficient (Wildman–Crippen LogP) is 5.80. The van der Waals surface area contributed by atoms with E-state index in [4.69, 9.17) is 14.2 Å². The maximum atomic E-state index is 12.6. The number of ether oxygens (including phenoxy) is 3. The third-order valence-corrected chi connectivity index (χ3v) is 3.94. The molecule has 0 saturated carbocycles. The van der Waals surface area contributed by atoms with E-state index in [1.807, 2.05) is 26.8 Å². The van der Waals surface area contributed by atoms with E-state index >= 15 is 0 Å². The molecule has 0 bridgehead atoms.